The van der Waals surface area contributed by atoms with Gasteiger partial charge in [-0.3, -0.25) is 0 Å². The summed E-state index contributed by atoms with van der Waals surface area (Å²) in [5, 5.41) is 0. The van der Waals surface area contributed by atoms with Crippen LogP contribution in [0.25, 0.3) is 0 Å². The molecule has 68 valence electrons. The number of imidazole rings is 1. The maximum atomic E-state index is 2.25. The van der Waals surface area contributed by atoms with Gasteiger partial charge in [0.25, 0.3) is 0 Å². The molecule has 1 aromatic heterocycles. The lowest BCUT2D eigenvalue weighted by Gasteiger charge is -2.05. The van der Waals surface area contributed by atoms with Crippen LogP contribution < -0.4 is 4.57 Å². The van der Waals surface area contributed by atoms with E-state index in [1.807, 2.05) is 11.8 Å². The summed E-state index contributed by atoms with van der Waals surface area (Å²) in [6.07, 6.45) is 6.33. The zero-order valence-corrected chi connectivity index (χ0v) is 8.84. The third kappa shape index (κ3) is 2.55. The fourth-order valence-corrected chi connectivity index (χ4v) is 1.85. The lowest BCUT2D eigenvalue weighted by molar-refractivity contribution is -0.671. The third-order valence-corrected chi connectivity index (χ3v) is 2.99. The van der Waals surface area contributed by atoms with Crippen molar-refractivity contribution in [3.05, 3.63) is 18.7 Å². The molecule has 0 aliphatic carbocycles. The quantitative estimate of drug-likeness (QED) is 0.648. The zero-order chi connectivity index (χ0) is 8.97. The van der Waals surface area contributed by atoms with Gasteiger partial charge in [-0.15, -0.1) is 0 Å². The van der Waals surface area contributed by atoms with Gasteiger partial charge in [0.1, 0.15) is 18.4 Å². The topological polar surface area (TPSA) is 8.81 Å². The SMILES string of the molecule is CCSCC(C)n1cc[n+](C)c1. The van der Waals surface area contributed by atoms with Crippen LogP contribution in [0.5, 0.6) is 0 Å². The molecule has 0 aliphatic heterocycles. The number of aromatic nitrogens is 2. The number of hydrogen-bond donors (Lipinski definition) is 0. The van der Waals surface area contributed by atoms with Gasteiger partial charge < -0.3 is 0 Å². The number of nitrogens with zero attached hydrogens (tertiary/aromatic N) is 2. The van der Waals surface area contributed by atoms with Crippen LogP contribution in [0.4, 0.5) is 0 Å². The first-order chi connectivity index (χ1) is 5.74. The lowest BCUT2D eigenvalue weighted by Crippen LogP contribution is -2.24. The molecule has 0 N–H and O–H groups in total. The molecular weight excluding hydrogens is 168 g/mol. The van der Waals surface area contributed by atoms with Crippen LogP contribution in [0.3, 0.4) is 0 Å². The highest BCUT2D eigenvalue weighted by Gasteiger charge is 2.09. The van der Waals surface area contributed by atoms with E-state index in [-0.39, 0.29) is 0 Å². The Hall–Kier alpha value is -0.440. The predicted molar refractivity (Wildman–Crippen MR) is 53.3 cm³/mol. The molecule has 1 unspecified atom stereocenters. The van der Waals surface area contributed by atoms with E-state index in [0.29, 0.717) is 6.04 Å². The van der Waals surface area contributed by atoms with Gasteiger partial charge in [-0.2, -0.15) is 11.8 Å². The minimum Gasteiger partial charge on any atom is -0.240 e. The first kappa shape index (κ1) is 9.65. The van der Waals surface area contributed by atoms with Crippen LogP contribution in [0.1, 0.15) is 19.9 Å². The van der Waals surface area contributed by atoms with Crippen LogP contribution >= 0.6 is 11.8 Å². The normalized spacial score (nSPS) is 13.2. The monoisotopic (exact) mass is 185 g/mol. The number of rotatable bonds is 4. The van der Waals surface area contributed by atoms with Crippen LogP contribution in [-0.2, 0) is 7.05 Å². The van der Waals surface area contributed by atoms with Gasteiger partial charge >= 0.3 is 0 Å². The van der Waals surface area contributed by atoms with E-state index in [9.17, 15) is 0 Å². The van der Waals surface area contributed by atoms with E-state index in [1.54, 1.807) is 0 Å². The Morgan fingerprint density at radius 1 is 1.58 bits per heavy atom. The van der Waals surface area contributed by atoms with Gasteiger partial charge in [-0.05, 0) is 12.7 Å². The molecule has 0 aromatic carbocycles. The molecule has 0 radical (unpaired) electrons. The van der Waals surface area contributed by atoms with Crippen molar-refractivity contribution in [3.8, 4) is 0 Å². The van der Waals surface area contributed by atoms with Gasteiger partial charge in [-0.25, -0.2) is 9.13 Å². The van der Waals surface area contributed by atoms with Gasteiger partial charge in [0.05, 0.1) is 7.05 Å². The molecule has 0 amide bonds. The smallest absolute Gasteiger partial charge is 0.240 e. The Bertz CT molecular complexity index is 232. The second-order valence-corrected chi connectivity index (χ2v) is 4.35. The van der Waals surface area contributed by atoms with Crippen molar-refractivity contribution in [1.29, 1.82) is 0 Å². The molecule has 0 fully saturated rings. The van der Waals surface area contributed by atoms with E-state index in [2.05, 4.69) is 48.8 Å². The van der Waals surface area contributed by atoms with E-state index >= 15 is 0 Å². The standard InChI is InChI=1S/C9H17N2S/c1-4-12-7-9(2)11-6-5-10(3)8-11/h5-6,8-9H,4,7H2,1-3H3/q+1. The molecule has 0 bridgehead atoms. The van der Waals surface area contributed by atoms with Crippen molar-refractivity contribution in [1.82, 2.24) is 4.57 Å². The molecule has 0 spiro atoms. The average molecular weight is 185 g/mol. The molecule has 1 atom stereocenters. The molecule has 0 saturated carbocycles. The summed E-state index contributed by atoms with van der Waals surface area (Å²) >= 11 is 1.99. The Kier molecular flexibility index (Phi) is 3.66. The van der Waals surface area contributed by atoms with E-state index in [0.717, 1.165) is 0 Å². The maximum Gasteiger partial charge on any atom is 0.243 e. The molecule has 3 heteroatoms. The fraction of sp³-hybridized carbons (Fsp3) is 0.667. The molecule has 2 nitrogen and oxygen atoms in total. The minimum absolute atomic E-state index is 0.608. The van der Waals surface area contributed by atoms with Crippen molar-refractivity contribution in [2.24, 2.45) is 7.05 Å². The van der Waals surface area contributed by atoms with Crippen LogP contribution in [0.2, 0.25) is 0 Å². The predicted octanol–water partition coefficient (Wildman–Crippen LogP) is 1.63. The maximum absolute atomic E-state index is 2.25. The number of hydrogen-bond acceptors (Lipinski definition) is 1. The molecule has 0 aliphatic rings. The Morgan fingerprint density at radius 3 is 2.83 bits per heavy atom. The molecule has 12 heavy (non-hydrogen) atoms. The number of thioether (sulfide) groups is 1. The molecule has 1 rings (SSSR count). The summed E-state index contributed by atoms with van der Waals surface area (Å²) in [5.41, 5.74) is 0. The van der Waals surface area contributed by atoms with Crippen molar-refractivity contribution < 1.29 is 4.57 Å². The second-order valence-electron chi connectivity index (χ2n) is 3.03. The number of aryl methyl sites for hydroxylation is 1. The summed E-state index contributed by atoms with van der Waals surface area (Å²) < 4.78 is 4.33. The summed E-state index contributed by atoms with van der Waals surface area (Å²) in [6.45, 7) is 4.45. The van der Waals surface area contributed by atoms with Crippen LogP contribution in [0, 0.1) is 0 Å². The van der Waals surface area contributed by atoms with Gasteiger partial charge in [0.2, 0.25) is 6.33 Å². The summed E-state index contributed by atoms with van der Waals surface area (Å²) in [6, 6.07) is 0.608. The van der Waals surface area contributed by atoms with E-state index < -0.39 is 0 Å². The second kappa shape index (κ2) is 4.55. The molecule has 1 heterocycles. The fourth-order valence-electron chi connectivity index (χ4n) is 1.10. The highest BCUT2D eigenvalue weighted by atomic mass is 32.2. The van der Waals surface area contributed by atoms with Crippen molar-refractivity contribution >= 4 is 11.8 Å². The Balaban J connectivity index is 2.47. The highest BCUT2D eigenvalue weighted by molar-refractivity contribution is 7.99. The van der Waals surface area contributed by atoms with Crippen molar-refractivity contribution in [2.75, 3.05) is 11.5 Å². The highest BCUT2D eigenvalue weighted by Crippen LogP contribution is 2.11. The first-order valence-corrected chi connectivity index (χ1v) is 5.50. The van der Waals surface area contributed by atoms with Crippen molar-refractivity contribution in [2.45, 2.75) is 19.9 Å². The lowest BCUT2D eigenvalue weighted by atomic mass is 10.4. The molecule has 1 aromatic rings. The summed E-state index contributed by atoms with van der Waals surface area (Å²) in [7, 11) is 2.05. The summed E-state index contributed by atoms with van der Waals surface area (Å²) in [5.74, 6) is 2.41. The average Bonchev–Trinajstić information content (AvgIpc) is 2.47. The molecule has 0 saturated heterocycles. The Labute approximate surface area is 78.6 Å². The van der Waals surface area contributed by atoms with Crippen LogP contribution in [-0.4, -0.2) is 16.1 Å². The van der Waals surface area contributed by atoms with E-state index in [4.69, 9.17) is 0 Å². The van der Waals surface area contributed by atoms with Crippen molar-refractivity contribution in [3.63, 3.8) is 0 Å². The van der Waals surface area contributed by atoms with Gasteiger partial charge in [-0.1, -0.05) is 6.92 Å². The van der Waals surface area contributed by atoms with Gasteiger partial charge in [0.15, 0.2) is 0 Å². The largest absolute Gasteiger partial charge is 0.243 e. The molecular formula is C9H17N2S+. The first-order valence-electron chi connectivity index (χ1n) is 4.34. The van der Waals surface area contributed by atoms with Gasteiger partial charge in [0, 0.05) is 5.75 Å². The zero-order valence-electron chi connectivity index (χ0n) is 8.03. The summed E-state index contributed by atoms with van der Waals surface area (Å²) in [4.78, 5) is 0. The minimum atomic E-state index is 0.608. The third-order valence-electron chi connectivity index (χ3n) is 1.86. The Morgan fingerprint density at radius 2 is 2.33 bits per heavy atom. The van der Waals surface area contributed by atoms with Crippen LogP contribution in [0.15, 0.2) is 18.7 Å². The van der Waals surface area contributed by atoms with E-state index in [1.165, 1.54) is 11.5 Å².